The number of likely N-dealkylation sites (N-methyl/N-ethyl adjacent to an activating group) is 1. The smallest absolute Gasteiger partial charge is 0.329 e. The standard InChI is InChI=1S/C21H46NO4P/c1-6-7-8-9-10-11-12-13-14-15-16-17-18-21(2)26-27(23,24)25-20-19-22(3,4)5/h21H,6-20H2,1-5H3/p+1. The summed E-state index contributed by atoms with van der Waals surface area (Å²) < 4.78 is 22.9. The molecular formula is C21H47NO4P+. The predicted molar refractivity (Wildman–Crippen MR) is 115 cm³/mol. The average Bonchev–Trinajstić information content (AvgIpc) is 2.54. The van der Waals surface area contributed by atoms with E-state index < -0.39 is 7.82 Å². The summed E-state index contributed by atoms with van der Waals surface area (Å²) in [6.45, 7) is 5.00. The minimum absolute atomic E-state index is 0.225. The molecule has 0 aromatic carbocycles. The van der Waals surface area contributed by atoms with E-state index in [2.05, 4.69) is 6.92 Å². The van der Waals surface area contributed by atoms with Crippen LogP contribution in [0.1, 0.15) is 97.3 Å². The monoisotopic (exact) mass is 408 g/mol. The first-order chi connectivity index (χ1) is 12.7. The molecule has 6 heteroatoms. The van der Waals surface area contributed by atoms with Gasteiger partial charge in [0.25, 0.3) is 0 Å². The SMILES string of the molecule is CCCCCCCCCCCCCCC(C)OP(=O)(O)OCC[N+](C)(C)C. The van der Waals surface area contributed by atoms with Crippen LogP contribution in [-0.4, -0.2) is 49.8 Å². The van der Waals surface area contributed by atoms with Crippen molar-refractivity contribution in [2.75, 3.05) is 34.3 Å². The normalized spacial score (nSPS) is 15.6. The molecular weight excluding hydrogens is 361 g/mol. The zero-order valence-electron chi connectivity index (χ0n) is 18.8. The van der Waals surface area contributed by atoms with E-state index in [1.54, 1.807) is 0 Å². The third-order valence-corrected chi connectivity index (χ3v) is 5.93. The van der Waals surface area contributed by atoms with Gasteiger partial charge in [0.2, 0.25) is 0 Å². The Balaban J connectivity index is 3.52. The molecule has 0 bridgehead atoms. The maximum atomic E-state index is 11.9. The molecule has 0 aliphatic heterocycles. The summed E-state index contributed by atoms with van der Waals surface area (Å²) in [7, 11) is 2.12. The largest absolute Gasteiger partial charge is 0.472 e. The number of unbranched alkanes of at least 4 members (excludes halogenated alkanes) is 11. The molecule has 0 rings (SSSR count). The molecule has 0 amide bonds. The molecule has 164 valence electrons. The second kappa shape index (κ2) is 15.9. The summed E-state index contributed by atoms with van der Waals surface area (Å²) in [5.41, 5.74) is 0. The number of hydrogen-bond acceptors (Lipinski definition) is 3. The summed E-state index contributed by atoms with van der Waals surface area (Å²) in [5.74, 6) is 0. The fourth-order valence-corrected chi connectivity index (χ4v) is 3.95. The van der Waals surface area contributed by atoms with Gasteiger partial charge in [0.05, 0.1) is 27.2 Å². The Morgan fingerprint density at radius 1 is 0.852 bits per heavy atom. The highest BCUT2D eigenvalue weighted by molar-refractivity contribution is 7.47. The van der Waals surface area contributed by atoms with Crippen molar-refractivity contribution in [2.24, 2.45) is 0 Å². The Hall–Kier alpha value is 0.0700. The van der Waals surface area contributed by atoms with Crippen LogP contribution in [0.25, 0.3) is 0 Å². The molecule has 0 aromatic rings. The summed E-state index contributed by atoms with van der Waals surface area (Å²) in [6, 6.07) is 0. The molecule has 2 unspecified atom stereocenters. The molecule has 1 N–H and O–H groups in total. The van der Waals surface area contributed by atoms with Crippen LogP contribution in [0.15, 0.2) is 0 Å². The Bertz CT molecular complexity index is 385. The first kappa shape index (κ1) is 27.1. The lowest BCUT2D eigenvalue weighted by molar-refractivity contribution is -0.870. The van der Waals surface area contributed by atoms with E-state index in [0.29, 0.717) is 11.0 Å². The lowest BCUT2D eigenvalue weighted by Gasteiger charge is -2.24. The van der Waals surface area contributed by atoms with Crippen LogP contribution < -0.4 is 0 Å². The summed E-state index contributed by atoms with van der Waals surface area (Å²) >= 11 is 0. The first-order valence-electron chi connectivity index (χ1n) is 11.1. The van der Waals surface area contributed by atoms with Crippen LogP contribution in [0.2, 0.25) is 0 Å². The van der Waals surface area contributed by atoms with Crippen LogP contribution >= 0.6 is 7.82 Å². The fraction of sp³-hybridized carbons (Fsp3) is 1.00. The number of phosphoric ester groups is 1. The minimum Gasteiger partial charge on any atom is -0.329 e. The van der Waals surface area contributed by atoms with E-state index in [9.17, 15) is 9.46 Å². The van der Waals surface area contributed by atoms with Gasteiger partial charge in [-0.05, 0) is 13.3 Å². The van der Waals surface area contributed by atoms with Gasteiger partial charge < -0.3 is 9.38 Å². The molecule has 27 heavy (non-hydrogen) atoms. The highest BCUT2D eigenvalue weighted by Gasteiger charge is 2.25. The van der Waals surface area contributed by atoms with Gasteiger partial charge in [-0.3, -0.25) is 9.05 Å². The molecule has 0 aliphatic rings. The molecule has 0 fully saturated rings. The van der Waals surface area contributed by atoms with Crippen LogP contribution in [0, 0.1) is 0 Å². The Morgan fingerprint density at radius 2 is 1.30 bits per heavy atom. The van der Waals surface area contributed by atoms with E-state index in [0.717, 1.165) is 12.8 Å². The minimum atomic E-state index is -3.93. The van der Waals surface area contributed by atoms with Crippen molar-refractivity contribution in [3.8, 4) is 0 Å². The van der Waals surface area contributed by atoms with Crippen molar-refractivity contribution in [3.63, 3.8) is 0 Å². The van der Waals surface area contributed by atoms with E-state index in [-0.39, 0.29) is 12.7 Å². The zero-order chi connectivity index (χ0) is 20.6. The first-order valence-corrected chi connectivity index (χ1v) is 12.6. The van der Waals surface area contributed by atoms with E-state index in [1.165, 1.54) is 70.6 Å². The highest BCUT2D eigenvalue weighted by atomic mass is 31.2. The molecule has 0 radical (unpaired) electrons. The lowest BCUT2D eigenvalue weighted by Crippen LogP contribution is -2.37. The van der Waals surface area contributed by atoms with Gasteiger partial charge in [-0.25, -0.2) is 4.57 Å². The Labute approximate surface area is 169 Å². The van der Waals surface area contributed by atoms with Gasteiger partial charge in [0, 0.05) is 0 Å². The number of nitrogens with zero attached hydrogens (tertiary/aromatic N) is 1. The molecule has 0 spiro atoms. The lowest BCUT2D eigenvalue weighted by atomic mass is 10.0. The average molecular weight is 409 g/mol. The second-order valence-corrected chi connectivity index (χ2v) is 10.3. The second-order valence-electron chi connectivity index (χ2n) is 8.91. The predicted octanol–water partition coefficient (Wildman–Crippen LogP) is 6.31. The molecule has 2 atom stereocenters. The third kappa shape index (κ3) is 20.6. The van der Waals surface area contributed by atoms with Crippen molar-refractivity contribution in [1.29, 1.82) is 0 Å². The molecule has 0 heterocycles. The van der Waals surface area contributed by atoms with Gasteiger partial charge in [0.1, 0.15) is 13.2 Å². The van der Waals surface area contributed by atoms with Gasteiger partial charge >= 0.3 is 7.82 Å². The number of phosphoric acid groups is 1. The van der Waals surface area contributed by atoms with Gasteiger partial charge in [-0.15, -0.1) is 0 Å². The number of rotatable bonds is 19. The summed E-state index contributed by atoms with van der Waals surface area (Å²) in [4.78, 5) is 9.78. The summed E-state index contributed by atoms with van der Waals surface area (Å²) in [5, 5.41) is 0. The van der Waals surface area contributed by atoms with Gasteiger partial charge in [-0.2, -0.15) is 0 Å². The third-order valence-electron chi connectivity index (χ3n) is 4.79. The van der Waals surface area contributed by atoms with E-state index >= 15 is 0 Å². The van der Waals surface area contributed by atoms with Crippen LogP contribution in [-0.2, 0) is 13.6 Å². The van der Waals surface area contributed by atoms with Gasteiger partial charge in [-0.1, -0.05) is 84.0 Å². The maximum absolute atomic E-state index is 11.9. The van der Waals surface area contributed by atoms with Crippen molar-refractivity contribution in [2.45, 2.75) is 103 Å². The topological polar surface area (TPSA) is 55.8 Å². The van der Waals surface area contributed by atoms with Gasteiger partial charge in [0.15, 0.2) is 0 Å². The quantitative estimate of drug-likeness (QED) is 0.155. The Kier molecular flexibility index (Phi) is 16.0. The van der Waals surface area contributed by atoms with Crippen molar-refractivity contribution >= 4 is 7.82 Å². The molecule has 5 nitrogen and oxygen atoms in total. The molecule has 0 aliphatic carbocycles. The van der Waals surface area contributed by atoms with Crippen molar-refractivity contribution < 1.29 is 23.0 Å². The van der Waals surface area contributed by atoms with Crippen LogP contribution in [0.3, 0.4) is 0 Å². The number of hydrogen-bond donors (Lipinski definition) is 1. The number of quaternary nitrogens is 1. The molecule has 0 aromatic heterocycles. The van der Waals surface area contributed by atoms with Crippen LogP contribution in [0.5, 0.6) is 0 Å². The molecule has 0 saturated carbocycles. The Morgan fingerprint density at radius 3 is 1.74 bits per heavy atom. The van der Waals surface area contributed by atoms with E-state index in [4.69, 9.17) is 9.05 Å². The van der Waals surface area contributed by atoms with Crippen molar-refractivity contribution in [3.05, 3.63) is 0 Å². The fourth-order valence-electron chi connectivity index (χ4n) is 3.01. The maximum Gasteiger partial charge on any atom is 0.472 e. The molecule has 0 saturated heterocycles. The van der Waals surface area contributed by atoms with Crippen LogP contribution in [0.4, 0.5) is 0 Å². The summed E-state index contributed by atoms with van der Waals surface area (Å²) in [6.07, 6.45) is 16.3. The zero-order valence-corrected chi connectivity index (χ0v) is 19.6. The highest BCUT2D eigenvalue weighted by Crippen LogP contribution is 2.45. The van der Waals surface area contributed by atoms with Crippen molar-refractivity contribution in [1.82, 2.24) is 0 Å². The van der Waals surface area contributed by atoms with E-state index in [1.807, 2.05) is 28.1 Å².